The van der Waals surface area contributed by atoms with Crippen molar-refractivity contribution in [3.05, 3.63) is 35.2 Å². The molecule has 1 unspecified atom stereocenters. The van der Waals surface area contributed by atoms with Crippen LogP contribution in [-0.2, 0) is 4.79 Å². The number of hydrogen-bond acceptors (Lipinski definition) is 3. The Bertz CT molecular complexity index is 487. The first kappa shape index (κ1) is 10.7. The van der Waals surface area contributed by atoms with E-state index >= 15 is 0 Å². The van der Waals surface area contributed by atoms with Gasteiger partial charge in [-0.3, -0.25) is 4.79 Å². The van der Waals surface area contributed by atoms with Gasteiger partial charge in [0.15, 0.2) is 5.12 Å². The summed E-state index contributed by atoms with van der Waals surface area (Å²) in [4.78, 5) is 11.6. The van der Waals surface area contributed by atoms with Crippen LogP contribution in [-0.4, -0.2) is 11.4 Å². The zero-order valence-electron chi connectivity index (χ0n) is 8.69. The molecule has 0 aliphatic heterocycles. The van der Waals surface area contributed by atoms with E-state index in [0.29, 0.717) is 0 Å². The second kappa shape index (κ2) is 4.37. The maximum absolute atomic E-state index is 11.6. The Kier molecular flexibility index (Phi) is 3.12. The summed E-state index contributed by atoms with van der Waals surface area (Å²) < 4.78 is 1.26. The van der Waals surface area contributed by atoms with E-state index in [0.717, 1.165) is 5.56 Å². The number of thioether (sulfide) groups is 1. The molecule has 0 aliphatic carbocycles. The van der Waals surface area contributed by atoms with Crippen molar-refractivity contribution in [2.24, 2.45) is 0 Å². The Morgan fingerprint density at radius 2 is 2.20 bits per heavy atom. The van der Waals surface area contributed by atoms with Crippen molar-refractivity contribution in [3.8, 4) is 0 Å². The molecule has 0 fully saturated rings. The number of benzene rings is 1. The lowest BCUT2D eigenvalue weighted by atomic mass is 9.99. The number of thiophene rings is 1. The van der Waals surface area contributed by atoms with Gasteiger partial charge in [0.25, 0.3) is 0 Å². The standard InChI is InChI=1S/C12H12OS2/c1-8(12(13)14-2)9-4-3-5-11-10(9)6-7-15-11/h3-8H,1-2H3. The van der Waals surface area contributed by atoms with Gasteiger partial charge in [-0.1, -0.05) is 30.8 Å². The molecule has 0 amide bonds. The third-order valence-electron chi connectivity index (χ3n) is 2.55. The van der Waals surface area contributed by atoms with E-state index in [1.807, 2.05) is 25.3 Å². The predicted octanol–water partition coefficient (Wildman–Crippen LogP) is 3.89. The molecule has 1 atom stereocenters. The minimum Gasteiger partial charge on any atom is -0.287 e. The monoisotopic (exact) mass is 236 g/mol. The summed E-state index contributed by atoms with van der Waals surface area (Å²) in [6.45, 7) is 1.98. The molecule has 1 aromatic carbocycles. The molecule has 1 nitrogen and oxygen atoms in total. The van der Waals surface area contributed by atoms with Gasteiger partial charge in [0.05, 0.1) is 5.92 Å². The van der Waals surface area contributed by atoms with E-state index in [4.69, 9.17) is 0 Å². The number of carbonyl (C=O) groups excluding carboxylic acids is 1. The Morgan fingerprint density at radius 3 is 2.93 bits per heavy atom. The van der Waals surface area contributed by atoms with Crippen LogP contribution in [0.3, 0.4) is 0 Å². The lowest BCUT2D eigenvalue weighted by Gasteiger charge is -2.10. The van der Waals surface area contributed by atoms with E-state index in [-0.39, 0.29) is 11.0 Å². The summed E-state index contributed by atoms with van der Waals surface area (Å²) in [6, 6.07) is 8.27. The van der Waals surface area contributed by atoms with Crippen LogP contribution in [0.25, 0.3) is 10.1 Å². The Labute approximate surface area is 97.5 Å². The molecule has 0 bridgehead atoms. The third kappa shape index (κ3) is 1.94. The minimum atomic E-state index is -0.0155. The molecule has 15 heavy (non-hydrogen) atoms. The number of rotatable bonds is 2. The van der Waals surface area contributed by atoms with Crippen molar-refractivity contribution < 1.29 is 4.79 Å². The van der Waals surface area contributed by atoms with Crippen molar-refractivity contribution in [1.82, 2.24) is 0 Å². The first-order valence-electron chi connectivity index (χ1n) is 4.78. The lowest BCUT2D eigenvalue weighted by Crippen LogP contribution is -2.04. The van der Waals surface area contributed by atoms with Gasteiger partial charge >= 0.3 is 0 Å². The van der Waals surface area contributed by atoms with E-state index in [2.05, 4.69) is 17.5 Å². The molecular formula is C12H12OS2. The van der Waals surface area contributed by atoms with Crippen molar-refractivity contribution >= 4 is 38.3 Å². The van der Waals surface area contributed by atoms with Crippen LogP contribution in [0.5, 0.6) is 0 Å². The maximum Gasteiger partial charge on any atom is 0.195 e. The minimum absolute atomic E-state index is 0.0155. The molecule has 0 radical (unpaired) electrons. The summed E-state index contributed by atoms with van der Waals surface area (Å²) in [5.41, 5.74) is 1.15. The average Bonchev–Trinajstić information content (AvgIpc) is 2.74. The van der Waals surface area contributed by atoms with E-state index in [1.54, 1.807) is 11.3 Å². The topological polar surface area (TPSA) is 17.1 Å². The van der Waals surface area contributed by atoms with Crippen molar-refractivity contribution in [2.45, 2.75) is 12.8 Å². The molecule has 78 valence electrons. The predicted molar refractivity (Wildman–Crippen MR) is 68.8 cm³/mol. The van der Waals surface area contributed by atoms with E-state index in [1.165, 1.54) is 21.8 Å². The number of carbonyl (C=O) groups is 1. The summed E-state index contributed by atoms with van der Waals surface area (Å²) in [5.74, 6) is -0.0155. The summed E-state index contributed by atoms with van der Waals surface area (Å²) in [5, 5.41) is 3.52. The van der Waals surface area contributed by atoms with Crippen LogP contribution >= 0.6 is 23.1 Å². The third-order valence-corrected chi connectivity index (χ3v) is 4.19. The van der Waals surface area contributed by atoms with Gasteiger partial charge in [0, 0.05) is 4.70 Å². The fraction of sp³-hybridized carbons (Fsp3) is 0.250. The molecule has 0 saturated heterocycles. The highest BCUT2D eigenvalue weighted by atomic mass is 32.2. The molecule has 2 rings (SSSR count). The highest BCUT2D eigenvalue weighted by Gasteiger charge is 2.16. The molecule has 0 spiro atoms. The maximum atomic E-state index is 11.6. The SMILES string of the molecule is CSC(=O)C(C)c1cccc2sccc12. The van der Waals surface area contributed by atoms with Crippen LogP contribution in [0, 0.1) is 0 Å². The molecular weight excluding hydrogens is 224 g/mol. The Balaban J connectivity index is 2.51. The van der Waals surface area contributed by atoms with Crippen LogP contribution in [0.4, 0.5) is 0 Å². The highest BCUT2D eigenvalue weighted by Crippen LogP contribution is 2.31. The fourth-order valence-electron chi connectivity index (χ4n) is 1.70. The van der Waals surface area contributed by atoms with Gasteiger partial charge in [-0.25, -0.2) is 0 Å². The van der Waals surface area contributed by atoms with E-state index in [9.17, 15) is 4.79 Å². The van der Waals surface area contributed by atoms with Gasteiger partial charge in [-0.2, -0.15) is 0 Å². The molecule has 1 aromatic heterocycles. The smallest absolute Gasteiger partial charge is 0.195 e. The van der Waals surface area contributed by atoms with Crippen molar-refractivity contribution in [3.63, 3.8) is 0 Å². The normalized spacial score (nSPS) is 12.9. The summed E-state index contributed by atoms with van der Waals surface area (Å²) in [6.07, 6.45) is 1.84. The average molecular weight is 236 g/mol. The molecule has 2 aromatic rings. The highest BCUT2D eigenvalue weighted by molar-refractivity contribution is 8.13. The van der Waals surface area contributed by atoms with Crippen LogP contribution in [0.1, 0.15) is 18.4 Å². The second-order valence-electron chi connectivity index (χ2n) is 3.42. The fourth-order valence-corrected chi connectivity index (χ4v) is 3.00. The van der Waals surface area contributed by atoms with Gasteiger partial charge in [-0.05, 0) is 34.7 Å². The van der Waals surface area contributed by atoms with Gasteiger partial charge in [0.2, 0.25) is 0 Å². The Hall–Kier alpha value is -0.800. The van der Waals surface area contributed by atoms with Crippen LogP contribution in [0.2, 0.25) is 0 Å². The molecule has 1 heterocycles. The van der Waals surface area contributed by atoms with Crippen molar-refractivity contribution in [1.29, 1.82) is 0 Å². The Morgan fingerprint density at radius 1 is 1.40 bits per heavy atom. The number of hydrogen-bond donors (Lipinski definition) is 0. The van der Waals surface area contributed by atoms with Gasteiger partial charge in [-0.15, -0.1) is 11.3 Å². The van der Waals surface area contributed by atoms with Crippen molar-refractivity contribution in [2.75, 3.05) is 6.26 Å². The zero-order chi connectivity index (χ0) is 10.8. The molecule has 0 N–H and O–H groups in total. The molecule has 0 aliphatic rings. The molecule has 3 heteroatoms. The second-order valence-corrected chi connectivity index (χ2v) is 5.18. The first-order chi connectivity index (χ1) is 7.24. The van der Waals surface area contributed by atoms with Crippen LogP contribution < -0.4 is 0 Å². The first-order valence-corrected chi connectivity index (χ1v) is 6.88. The lowest BCUT2D eigenvalue weighted by molar-refractivity contribution is -0.111. The van der Waals surface area contributed by atoms with Crippen LogP contribution in [0.15, 0.2) is 29.6 Å². The van der Waals surface area contributed by atoms with E-state index < -0.39 is 0 Å². The largest absolute Gasteiger partial charge is 0.287 e. The quantitative estimate of drug-likeness (QED) is 0.786. The van der Waals surface area contributed by atoms with Gasteiger partial charge in [0.1, 0.15) is 0 Å². The number of fused-ring (bicyclic) bond motifs is 1. The summed E-state index contributed by atoms with van der Waals surface area (Å²) in [7, 11) is 0. The zero-order valence-corrected chi connectivity index (χ0v) is 10.3. The summed E-state index contributed by atoms with van der Waals surface area (Å²) >= 11 is 3.02. The molecule has 0 saturated carbocycles. The van der Waals surface area contributed by atoms with Gasteiger partial charge < -0.3 is 0 Å².